The summed E-state index contributed by atoms with van der Waals surface area (Å²) < 4.78 is 7.68. The Morgan fingerprint density at radius 3 is 2.89 bits per heavy atom. The predicted octanol–water partition coefficient (Wildman–Crippen LogP) is 2.48. The van der Waals surface area contributed by atoms with Crippen LogP contribution in [0.4, 0.5) is 0 Å². The molecule has 0 spiro atoms. The monoisotopic (exact) mass is 484 g/mol. The first kappa shape index (κ1) is 21.5. The summed E-state index contributed by atoms with van der Waals surface area (Å²) >= 11 is 0. The number of ether oxygens (including phenoxy) is 1. The molecule has 1 N–H and O–H groups in total. The van der Waals surface area contributed by atoms with Gasteiger partial charge >= 0.3 is 0 Å². The molecule has 0 saturated heterocycles. The van der Waals surface area contributed by atoms with E-state index in [4.69, 9.17) is 4.74 Å². The fourth-order valence-electron chi connectivity index (χ4n) is 3.48. The zero-order valence-corrected chi connectivity index (χ0v) is 18.8. The van der Waals surface area contributed by atoms with Gasteiger partial charge in [0, 0.05) is 45.7 Å². The van der Waals surface area contributed by atoms with E-state index < -0.39 is 0 Å². The summed E-state index contributed by atoms with van der Waals surface area (Å²) in [7, 11) is 5.57. The smallest absolute Gasteiger partial charge is 0.193 e. The number of aryl methyl sites for hydroxylation is 2. The molecule has 1 aromatic heterocycles. The summed E-state index contributed by atoms with van der Waals surface area (Å²) in [4.78, 5) is 6.56. The number of hydrogen-bond donors (Lipinski definition) is 1. The fraction of sp³-hybridized carbons (Fsp3) is 0.526. The number of para-hydroxylation sites is 1. The first-order valence-corrected chi connectivity index (χ1v) is 9.04. The van der Waals surface area contributed by atoms with Crippen LogP contribution in [0.2, 0.25) is 0 Å². The number of rotatable bonds is 5. The van der Waals surface area contributed by atoms with Crippen molar-refractivity contribution in [2.24, 2.45) is 10.9 Å². The third kappa shape index (κ3) is 5.12. The largest absolute Gasteiger partial charge is 0.496 e. The highest BCUT2D eigenvalue weighted by Gasteiger charge is 2.22. The van der Waals surface area contributed by atoms with E-state index >= 15 is 0 Å². The van der Waals surface area contributed by atoms with Gasteiger partial charge in [0.1, 0.15) is 17.4 Å². The summed E-state index contributed by atoms with van der Waals surface area (Å²) in [5.74, 6) is 4.45. The van der Waals surface area contributed by atoms with Crippen LogP contribution in [0.1, 0.15) is 23.6 Å². The third-order valence-electron chi connectivity index (χ3n) is 4.95. The van der Waals surface area contributed by atoms with Gasteiger partial charge in [-0.05, 0) is 25.3 Å². The zero-order chi connectivity index (χ0) is 18.5. The van der Waals surface area contributed by atoms with E-state index in [0.29, 0.717) is 5.92 Å². The molecule has 27 heavy (non-hydrogen) atoms. The number of nitrogens with one attached hydrogen (secondary N) is 1. The first-order chi connectivity index (χ1) is 12.6. The SMILES string of the molecule is CN=C(NCC1CCc2nnc(C)n2C1)N(C)Cc1ccccc1OC.I. The number of fused-ring (bicyclic) bond motifs is 1. The molecule has 0 saturated carbocycles. The number of hydrogen-bond acceptors (Lipinski definition) is 4. The maximum atomic E-state index is 5.45. The number of aromatic nitrogens is 3. The molecule has 3 rings (SSSR count). The Balaban J connectivity index is 0.00000261. The quantitative estimate of drug-likeness (QED) is 0.402. The van der Waals surface area contributed by atoms with Gasteiger partial charge < -0.3 is 19.5 Å². The number of benzene rings is 1. The molecular formula is C19H29IN6O. The molecule has 2 heterocycles. The molecule has 0 amide bonds. The van der Waals surface area contributed by atoms with E-state index in [2.05, 4.69) is 36.0 Å². The maximum absolute atomic E-state index is 5.45. The summed E-state index contributed by atoms with van der Waals surface area (Å²) in [5.41, 5.74) is 1.14. The van der Waals surface area contributed by atoms with Crippen LogP contribution < -0.4 is 10.1 Å². The van der Waals surface area contributed by atoms with Gasteiger partial charge in [-0.25, -0.2) is 0 Å². The van der Waals surface area contributed by atoms with Crippen LogP contribution in [0.25, 0.3) is 0 Å². The topological polar surface area (TPSA) is 67.6 Å². The van der Waals surface area contributed by atoms with Crippen LogP contribution in [0, 0.1) is 12.8 Å². The Morgan fingerprint density at radius 1 is 1.37 bits per heavy atom. The van der Waals surface area contributed by atoms with Gasteiger partial charge in [-0.3, -0.25) is 4.99 Å². The van der Waals surface area contributed by atoms with Crippen molar-refractivity contribution in [3.63, 3.8) is 0 Å². The van der Waals surface area contributed by atoms with Gasteiger partial charge in [0.15, 0.2) is 5.96 Å². The van der Waals surface area contributed by atoms with Gasteiger partial charge in [-0.1, -0.05) is 18.2 Å². The lowest BCUT2D eigenvalue weighted by molar-refractivity contribution is 0.351. The van der Waals surface area contributed by atoms with Crippen LogP contribution in [0.3, 0.4) is 0 Å². The minimum absolute atomic E-state index is 0. The van der Waals surface area contributed by atoms with Gasteiger partial charge in [0.25, 0.3) is 0 Å². The summed E-state index contributed by atoms with van der Waals surface area (Å²) in [6, 6.07) is 8.09. The van der Waals surface area contributed by atoms with E-state index in [1.54, 1.807) is 7.11 Å². The molecule has 0 radical (unpaired) electrons. The number of aliphatic imine (C=N–C) groups is 1. The van der Waals surface area contributed by atoms with Gasteiger partial charge in [0.2, 0.25) is 0 Å². The van der Waals surface area contributed by atoms with Crippen LogP contribution in [0.5, 0.6) is 5.75 Å². The minimum atomic E-state index is 0. The highest BCUT2D eigenvalue weighted by atomic mass is 127. The second kappa shape index (κ2) is 9.91. The maximum Gasteiger partial charge on any atom is 0.193 e. The average Bonchev–Trinajstić information content (AvgIpc) is 3.03. The molecule has 8 heteroatoms. The van der Waals surface area contributed by atoms with Crippen molar-refractivity contribution in [1.82, 2.24) is 25.0 Å². The van der Waals surface area contributed by atoms with Crippen LogP contribution in [0.15, 0.2) is 29.3 Å². The normalized spacial score (nSPS) is 16.3. The molecule has 1 atom stereocenters. The summed E-state index contributed by atoms with van der Waals surface area (Å²) in [6.45, 7) is 4.61. The molecule has 1 aliphatic rings. The van der Waals surface area contributed by atoms with Crippen LogP contribution in [-0.4, -0.2) is 53.4 Å². The zero-order valence-electron chi connectivity index (χ0n) is 16.5. The standard InChI is InChI=1S/C19H28N6O.HI/c1-14-22-23-18-10-9-15(12-25(14)18)11-21-19(20-2)24(3)13-16-7-5-6-8-17(16)26-4;/h5-8,15H,9-13H2,1-4H3,(H,20,21);1H. The molecule has 0 fully saturated rings. The van der Waals surface area contributed by atoms with E-state index in [-0.39, 0.29) is 24.0 Å². The van der Waals surface area contributed by atoms with Gasteiger partial charge in [0.05, 0.1) is 7.11 Å². The van der Waals surface area contributed by atoms with Gasteiger partial charge in [-0.2, -0.15) is 0 Å². The van der Waals surface area contributed by atoms with E-state index in [0.717, 1.165) is 61.4 Å². The average molecular weight is 484 g/mol. The van der Waals surface area contributed by atoms with Crippen molar-refractivity contribution < 1.29 is 4.74 Å². The molecule has 1 aliphatic heterocycles. The molecule has 0 aliphatic carbocycles. The summed E-state index contributed by atoms with van der Waals surface area (Å²) in [5, 5.41) is 11.9. The molecule has 7 nitrogen and oxygen atoms in total. The van der Waals surface area contributed by atoms with Crippen molar-refractivity contribution in [2.75, 3.05) is 27.7 Å². The molecule has 148 valence electrons. The Hall–Kier alpha value is -1.84. The van der Waals surface area contributed by atoms with Crippen LogP contribution in [-0.2, 0) is 19.5 Å². The fourth-order valence-corrected chi connectivity index (χ4v) is 3.48. The highest BCUT2D eigenvalue weighted by molar-refractivity contribution is 14.0. The van der Waals surface area contributed by atoms with E-state index in [1.165, 1.54) is 0 Å². The number of nitrogens with zero attached hydrogens (tertiary/aromatic N) is 5. The Labute approximate surface area is 178 Å². The Bertz CT molecular complexity index is 775. The Kier molecular flexibility index (Phi) is 7.88. The summed E-state index contributed by atoms with van der Waals surface area (Å²) in [6.07, 6.45) is 2.11. The van der Waals surface area contributed by atoms with Crippen molar-refractivity contribution in [1.29, 1.82) is 0 Å². The van der Waals surface area contributed by atoms with E-state index in [9.17, 15) is 0 Å². The van der Waals surface area contributed by atoms with Crippen molar-refractivity contribution >= 4 is 29.9 Å². The van der Waals surface area contributed by atoms with Crippen molar-refractivity contribution in [3.8, 4) is 5.75 Å². The molecule has 1 unspecified atom stereocenters. The van der Waals surface area contributed by atoms with Crippen LogP contribution >= 0.6 is 24.0 Å². The molecule has 1 aromatic carbocycles. The van der Waals surface area contributed by atoms with Crippen molar-refractivity contribution in [2.45, 2.75) is 32.9 Å². The number of guanidine groups is 1. The lowest BCUT2D eigenvalue weighted by Crippen LogP contribution is -2.42. The lowest BCUT2D eigenvalue weighted by atomic mass is 9.99. The number of methoxy groups -OCH3 is 1. The second-order valence-electron chi connectivity index (χ2n) is 6.77. The number of halogens is 1. The molecule has 0 bridgehead atoms. The second-order valence-corrected chi connectivity index (χ2v) is 6.77. The van der Waals surface area contributed by atoms with Crippen molar-refractivity contribution in [3.05, 3.63) is 41.5 Å². The molecular weight excluding hydrogens is 455 g/mol. The molecule has 2 aromatic rings. The lowest BCUT2D eigenvalue weighted by Gasteiger charge is -2.27. The minimum Gasteiger partial charge on any atom is -0.496 e. The van der Waals surface area contributed by atoms with E-state index in [1.807, 2.05) is 39.2 Å². The van der Waals surface area contributed by atoms with Gasteiger partial charge in [-0.15, -0.1) is 34.2 Å². The highest BCUT2D eigenvalue weighted by Crippen LogP contribution is 2.20. The third-order valence-corrected chi connectivity index (χ3v) is 4.95. The first-order valence-electron chi connectivity index (χ1n) is 9.04. The predicted molar refractivity (Wildman–Crippen MR) is 118 cm³/mol. The Morgan fingerprint density at radius 2 is 2.15 bits per heavy atom.